The molecule has 2 heterocycles. The molecule has 0 bridgehead atoms. The Morgan fingerprint density at radius 2 is 2.33 bits per heavy atom. The fourth-order valence-corrected chi connectivity index (χ4v) is 2.66. The van der Waals surface area contributed by atoms with Gasteiger partial charge in [-0.2, -0.15) is 0 Å². The van der Waals surface area contributed by atoms with Crippen molar-refractivity contribution in [3.05, 3.63) is 42.1 Å². The van der Waals surface area contributed by atoms with E-state index in [1.54, 1.807) is 0 Å². The number of nitrogens with zero attached hydrogens (tertiary/aromatic N) is 2. The van der Waals surface area contributed by atoms with Crippen LogP contribution >= 0.6 is 0 Å². The van der Waals surface area contributed by atoms with Gasteiger partial charge in [0.1, 0.15) is 0 Å². The first-order chi connectivity index (χ1) is 8.83. The summed E-state index contributed by atoms with van der Waals surface area (Å²) in [4.78, 5) is 6.80. The summed E-state index contributed by atoms with van der Waals surface area (Å²) < 4.78 is 0. The number of likely N-dealkylation sites (N-methyl/N-ethyl adjacent to an activating group) is 1. The molecule has 1 saturated heterocycles. The fourth-order valence-electron chi connectivity index (χ4n) is 2.66. The molecule has 3 nitrogen and oxygen atoms in total. The maximum Gasteiger partial charge on any atom is 0.0702 e. The zero-order valence-corrected chi connectivity index (χ0v) is 10.8. The molecule has 2 aromatic rings. The SMILES string of the molecule is CN(Cc1ccc2ncccc2c1)C1CCNC1. The molecule has 1 atom stereocenters. The van der Waals surface area contributed by atoms with Crippen LogP contribution in [0.25, 0.3) is 10.9 Å². The number of benzene rings is 1. The second kappa shape index (κ2) is 5.04. The first kappa shape index (κ1) is 11.6. The van der Waals surface area contributed by atoms with E-state index in [0.717, 1.165) is 25.2 Å². The average Bonchev–Trinajstić information content (AvgIpc) is 2.92. The Morgan fingerprint density at radius 1 is 1.39 bits per heavy atom. The summed E-state index contributed by atoms with van der Waals surface area (Å²) in [6, 6.07) is 11.4. The van der Waals surface area contributed by atoms with Crippen molar-refractivity contribution >= 4 is 10.9 Å². The zero-order chi connectivity index (χ0) is 12.4. The first-order valence-corrected chi connectivity index (χ1v) is 6.57. The number of nitrogens with one attached hydrogen (secondary N) is 1. The summed E-state index contributed by atoms with van der Waals surface area (Å²) in [5, 5.41) is 4.65. The van der Waals surface area contributed by atoms with Crippen LogP contribution in [0.15, 0.2) is 36.5 Å². The predicted octanol–water partition coefficient (Wildman–Crippen LogP) is 2.03. The van der Waals surface area contributed by atoms with Gasteiger partial charge in [0.25, 0.3) is 0 Å². The summed E-state index contributed by atoms with van der Waals surface area (Å²) in [5.74, 6) is 0. The molecule has 3 rings (SSSR count). The van der Waals surface area contributed by atoms with E-state index in [1.807, 2.05) is 12.3 Å². The Balaban J connectivity index is 1.77. The van der Waals surface area contributed by atoms with Crippen molar-refractivity contribution in [3.63, 3.8) is 0 Å². The number of hydrogen-bond donors (Lipinski definition) is 1. The van der Waals surface area contributed by atoms with Gasteiger partial charge in [0.05, 0.1) is 5.52 Å². The van der Waals surface area contributed by atoms with Crippen LogP contribution in [0.4, 0.5) is 0 Å². The predicted molar refractivity (Wildman–Crippen MR) is 74.5 cm³/mol. The van der Waals surface area contributed by atoms with Crippen molar-refractivity contribution in [2.45, 2.75) is 19.0 Å². The van der Waals surface area contributed by atoms with Crippen LogP contribution in [0.3, 0.4) is 0 Å². The van der Waals surface area contributed by atoms with Gasteiger partial charge in [0.15, 0.2) is 0 Å². The first-order valence-electron chi connectivity index (χ1n) is 6.57. The fraction of sp³-hybridized carbons (Fsp3) is 0.400. The molecule has 18 heavy (non-hydrogen) atoms. The van der Waals surface area contributed by atoms with Gasteiger partial charge < -0.3 is 5.32 Å². The van der Waals surface area contributed by atoms with Crippen LogP contribution in [-0.4, -0.2) is 36.1 Å². The topological polar surface area (TPSA) is 28.2 Å². The van der Waals surface area contributed by atoms with Crippen LogP contribution in [0.5, 0.6) is 0 Å². The van der Waals surface area contributed by atoms with Crippen molar-refractivity contribution < 1.29 is 0 Å². The van der Waals surface area contributed by atoms with E-state index in [4.69, 9.17) is 0 Å². The van der Waals surface area contributed by atoms with Gasteiger partial charge in [-0.25, -0.2) is 0 Å². The second-order valence-electron chi connectivity index (χ2n) is 5.09. The maximum atomic E-state index is 4.36. The van der Waals surface area contributed by atoms with Gasteiger partial charge in [-0.1, -0.05) is 12.1 Å². The molecule has 1 fully saturated rings. The van der Waals surface area contributed by atoms with Gasteiger partial charge >= 0.3 is 0 Å². The molecule has 1 aromatic carbocycles. The molecule has 3 heteroatoms. The molecular formula is C15H19N3. The molecule has 0 saturated carbocycles. The van der Waals surface area contributed by atoms with E-state index in [-0.39, 0.29) is 0 Å². The van der Waals surface area contributed by atoms with Gasteiger partial charge in [-0.3, -0.25) is 9.88 Å². The molecule has 1 N–H and O–H groups in total. The van der Waals surface area contributed by atoms with E-state index in [9.17, 15) is 0 Å². The molecule has 0 radical (unpaired) electrons. The number of hydrogen-bond acceptors (Lipinski definition) is 3. The molecule has 1 unspecified atom stereocenters. The van der Waals surface area contributed by atoms with Gasteiger partial charge in [0, 0.05) is 30.7 Å². The van der Waals surface area contributed by atoms with Crippen molar-refractivity contribution in [2.24, 2.45) is 0 Å². The Bertz CT molecular complexity index is 532. The van der Waals surface area contributed by atoms with E-state index in [1.165, 1.54) is 17.4 Å². The van der Waals surface area contributed by atoms with E-state index >= 15 is 0 Å². The molecule has 0 aliphatic carbocycles. The normalized spacial score (nSPS) is 19.8. The third-order valence-electron chi connectivity index (χ3n) is 3.76. The van der Waals surface area contributed by atoms with Gasteiger partial charge in [-0.15, -0.1) is 0 Å². The van der Waals surface area contributed by atoms with Crippen LogP contribution in [0, 0.1) is 0 Å². The lowest BCUT2D eigenvalue weighted by atomic mass is 10.1. The molecule has 1 aromatic heterocycles. The molecule has 94 valence electrons. The second-order valence-corrected chi connectivity index (χ2v) is 5.09. The van der Waals surface area contributed by atoms with E-state index in [0.29, 0.717) is 6.04 Å². The molecular weight excluding hydrogens is 222 g/mol. The molecule has 1 aliphatic rings. The lowest BCUT2D eigenvalue weighted by Crippen LogP contribution is -2.32. The Labute approximate surface area is 108 Å². The van der Waals surface area contributed by atoms with Gasteiger partial charge in [-0.05, 0) is 43.8 Å². The standard InChI is InChI=1S/C15H19N3/c1-18(14-6-8-16-10-14)11-12-4-5-15-13(9-12)3-2-7-17-15/h2-5,7,9,14,16H,6,8,10-11H2,1H3. The summed E-state index contributed by atoms with van der Waals surface area (Å²) in [6.45, 7) is 3.28. The minimum atomic E-state index is 0.676. The summed E-state index contributed by atoms with van der Waals surface area (Å²) >= 11 is 0. The highest BCUT2D eigenvalue weighted by Crippen LogP contribution is 2.16. The van der Waals surface area contributed by atoms with Crippen molar-refractivity contribution in [2.75, 3.05) is 20.1 Å². The smallest absolute Gasteiger partial charge is 0.0702 e. The maximum absolute atomic E-state index is 4.36. The van der Waals surface area contributed by atoms with E-state index < -0.39 is 0 Å². The Morgan fingerprint density at radius 3 is 3.17 bits per heavy atom. The van der Waals surface area contributed by atoms with Crippen molar-refractivity contribution in [1.82, 2.24) is 15.2 Å². The third kappa shape index (κ3) is 2.37. The van der Waals surface area contributed by atoms with Crippen LogP contribution in [0.2, 0.25) is 0 Å². The summed E-state index contributed by atoms with van der Waals surface area (Å²) in [7, 11) is 2.21. The zero-order valence-electron chi connectivity index (χ0n) is 10.8. The molecule has 0 amide bonds. The molecule has 0 spiro atoms. The summed E-state index contributed by atoms with van der Waals surface area (Å²) in [5.41, 5.74) is 2.44. The third-order valence-corrected chi connectivity index (χ3v) is 3.76. The minimum Gasteiger partial charge on any atom is -0.315 e. The van der Waals surface area contributed by atoms with Crippen LogP contribution < -0.4 is 5.32 Å². The Kier molecular flexibility index (Phi) is 3.26. The highest BCUT2D eigenvalue weighted by molar-refractivity contribution is 5.78. The van der Waals surface area contributed by atoms with Gasteiger partial charge in [0.2, 0.25) is 0 Å². The van der Waals surface area contributed by atoms with Crippen LogP contribution in [0.1, 0.15) is 12.0 Å². The summed E-state index contributed by atoms with van der Waals surface area (Å²) in [6.07, 6.45) is 3.10. The lowest BCUT2D eigenvalue weighted by molar-refractivity contribution is 0.249. The largest absolute Gasteiger partial charge is 0.315 e. The quantitative estimate of drug-likeness (QED) is 0.891. The number of aromatic nitrogens is 1. The highest BCUT2D eigenvalue weighted by Gasteiger charge is 2.18. The average molecular weight is 241 g/mol. The molecule has 1 aliphatic heterocycles. The van der Waals surface area contributed by atoms with E-state index in [2.05, 4.69) is 46.5 Å². The number of pyridine rings is 1. The Hall–Kier alpha value is -1.45. The van der Waals surface area contributed by atoms with Crippen molar-refractivity contribution in [3.8, 4) is 0 Å². The van der Waals surface area contributed by atoms with Crippen LogP contribution in [-0.2, 0) is 6.54 Å². The minimum absolute atomic E-state index is 0.676. The highest BCUT2D eigenvalue weighted by atomic mass is 15.2. The monoisotopic (exact) mass is 241 g/mol. The number of rotatable bonds is 3. The number of fused-ring (bicyclic) bond motifs is 1. The van der Waals surface area contributed by atoms with Crippen molar-refractivity contribution in [1.29, 1.82) is 0 Å². The lowest BCUT2D eigenvalue weighted by Gasteiger charge is -2.23.